The summed E-state index contributed by atoms with van der Waals surface area (Å²) in [5.74, 6) is 1.68. The Morgan fingerprint density at radius 2 is 1.73 bits per heavy atom. The summed E-state index contributed by atoms with van der Waals surface area (Å²) in [5.41, 5.74) is 0. The van der Waals surface area contributed by atoms with Gasteiger partial charge in [0.1, 0.15) is 11.5 Å². The van der Waals surface area contributed by atoms with Crippen LogP contribution in [0.15, 0.2) is 34.8 Å². The fourth-order valence-electron chi connectivity index (χ4n) is 1.51. The van der Waals surface area contributed by atoms with E-state index in [9.17, 15) is 0 Å². The van der Waals surface area contributed by atoms with Crippen molar-refractivity contribution in [2.75, 3.05) is 14.2 Å². The van der Waals surface area contributed by atoms with E-state index < -0.39 is 0 Å². The summed E-state index contributed by atoms with van der Waals surface area (Å²) >= 11 is 3.46. The first-order valence-corrected chi connectivity index (χ1v) is 5.35. The molecule has 0 N–H and O–H groups in total. The molecule has 0 unspecified atom stereocenters. The molecule has 2 nitrogen and oxygen atoms in total. The van der Waals surface area contributed by atoms with Crippen molar-refractivity contribution in [1.29, 1.82) is 0 Å². The zero-order valence-corrected chi connectivity index (χ0v) is 10.2. The van der Waals surface area contributed by atoms with E-state index in [1.54, 1.807) is 14.2 Å². The van der Waals surface area contributed by atoms with Crippen molar-refractivity contribution in [2.24, 2.45) is 0 Å². The van der Waals surface area contributed by atoms with Crippen LogP contribution >= 0.6 is 15.9 Å². The molecular weight excluding hydrogens is 256 g/mol. The molecule has 0 saturated carbocycles. The molecule has 0 aliphatic heterocycles. The summed E-state index contributed by atoms with van der Waals surface area (Å²) in [7, 11) is 3.32. The Morgan fingerprint density at radius 1 is 0.933 bits per heavy atom. The number of hydrogen-bond acceptors (Lipinski definition) is 2. The molecule has 0 amide bonds. The summed E-state index contributed by atoms with van der Waals surface area (Å²) in [5, 5.41) is 2.26. The fraction of sp³-hybridized carbons (Fsp3) is 0.167. The second-order valence-electron chi connectivity index (χ2n) is 3.20. The highest BCUT2D eigenvalue weighted by molar-refractivity contribution is 9.10. The number of hydrogen-bond donors (Lipinski definition) is 0. The second-order valence-corrected chi connectivity index (χ2v) is 4.05. The average Bonchev–Trinajstić information content (AvgIpc) is 2.27. The highest BCUT2D eigenvalue weighted by Crippen LogP contribution is 2.31. The van der Waals surface area contributed by atoms with Gasteiger partial charge in [-0.15, -0.1) is 0 Å². The van der Waals surface area contributed by atoms with Gasteiger partial charge >= 0.3 is 0 Å². The molecule has 0 radical (unpaired) electrons. The fourth-order valence-corrected chi connectivity index (χ4v) is 2.03. The van der Waals surface area contributed by atoms with Crippen molar-refractivity contribution in [1.82, 2.24) is 0 Å². The quantitative estimate of drug-likeness (QED) is 0.827. The van der Waals surface area contributed by atoms with Gasteiger partial charge in [-0.2, -0.15) is 0 Å². The largest absolute Gasteiger partial charge is 0.497 e. The summed E-state index contributed by atoms with van der Waals surface area (Å²) < 4.78 is 11.4. The molecule has 2 rings (SSSR count). The molecule has 0 aliphatic rings. The Morgan fingerprint density at radius 3 is 2.40 bits per heavy atom. The SMILES string of the molecule is COc1ccc2cc(Br)c(OC)cc2c1. The zero-order valence-electron chi connectivity index (χ0n) is 8.58. The van der Waals surface area contributed by atoms with Crippen molar-refractivity contribution < 1.29 is 9.47 Å². The highest BCUT2D eigenvalue weighted by atomic mass is 79.9. The maximum absolute atomic E-state index is 5.24. The van der Waals surface area contributed by atoms with Gasteiger partial charge in [0.15, 0.2) is 0 Å². The van der Waals surface area contributed by atoms with Crippen molar-refractivity contribution in [2.45, 2.75) is 0 Å². The second kappa shape index (κ2) is 4.11. The van der Waals surface area contributed by atoms with Gasteiger partial charge in [0.25, 0.3) is 0 Å². The van der Waals surface area contributed by atoms with E-state index in [0.717, 1.165) is 26.7 Å². The summed E-state index contributed by atoms with van der Waals surface area (Å²) in [4.78, 5) is 0. The topological polar surface area (TPSA) is 18.5 Å². The molecular formula is C12H11BrO2. The predicted molar refractivity (Wildman–Crippen MR) is 64.8 cm³/mol. The third-order valence-corrected chi connectivity index (χ3v) is 2.94. The zero-order chi connectivity index (χ0) is 10.8. The molecule has 0 aliphatic carbocycles. The van der Waals surface area contributed by atoms with Crippen LogP contribution in [0.4, 0.5) is 0 Å². The normalized spacial score (nSPS) is 10.3. The van der Waals surface area contributed by atoms with Gasteiger partial charge in [-0.25, -0.2) is 0 Å². The lowest BCUT2D eigenvalue weighted by atomic mass is 10.1. The first-order valence-electron chi connectivity index (χ1n) is 4.56. The predicted octanol–water partition coefficient (Wildman–Crippen LogP) is 3.62. The van der Waals surface area contributed by atoms with E-state index in [-0.39, 0.29) is 0 Å². The first kappa shape index (κ1) is 10.3. The molecule has 2 aromatic carbocycles. The minimum absolute atomic E-state index is 0.829. The van der Waals surface area contributed by atoms with Gasteiger partial charge < -0.3 is 9.47 Å². The number of rotatable bonds is 2. The molecule has 0 aromatic heterocycles. The Kier molecular flexibility index (Phi) is 2.82. The van der Waals surface area contributed by atoms with Crippen molar-refractivity contribution in [3.8, 4) is 11.5 Å². The van der Waals surface area contributed by atoms with Crippen LogP contribution in [0.25, 0.3) is 10.8 Å². The molecule has 0 bridgehead atoms. The summed E-state index contributed by atoms with van der Waals surface area (Å²) in [6.07, 6.45) is 0. The molecule has 0 saturated heterocycles. The third kappa shape index (κ3) is 1.92. The minimum Gasteiger partial charge on any atom is -0.497 e. The lowest BCUT2D eigenvalue weighted by molar-refractivity contribution is 0.412. The Bertz CT molecular complexity index is 494. The molecule has 15 heavy (non-hydrogen) atoms. The number of ether oxygens (including phenoxy) is 2. The van der Waals surface area contributed by atoms with Crippen LogP contribution in [0, 0.1) is 0 Å². The average molecular weight is 267 g/mol. The van der Waals surface area contributed by atoms with Crippen molar-refractivity contribution >= 4 is 26.7 Å². The van der Waals surface area contributed by atoms with E-state index in [0.29, 0.717) is 0 Å². The van der Waals surface area contributed by atoms with Gasteiger partial charge in [0.05, 0.1) is 18.7 Å². The van der Waals surface area contributed by atoms with Gasteiger partial charge in [-0.05, 0) is 51.0 Å². The highest BCUT2D eigenvalue weighted by Gasteiger charge is 2.03. The van der Waals surface area contributed by atoms with Crippen LogP contribution in [-0.4, -0.2) is 14.2 Å². The Labute approximate surface area is 96.9 Å². The maximum Gasteiger partial charge on any atom is 0.133 e. The smallest absolute Gasteiger partial charge is 0.133 e. The standard InChI is InChI=1S/C12H11BrO2/c1-14-10-4-3-8-6-11(13)12(15-2)7-9(8)5-10/h3-7H,1-2H3. The molecule has 0 fully saturated rings. The van der Waals surface area contributed by atoms with Crippen LogP contribution in [0.3, 0.4) is 0 Å². The van der Waals surface area contributed by atoms with Gasteiger partial charge in [-0.1, -0.05) is 6.07 Å². The number of benzene rings is 2. The van der Waals surface area contributed by atoms with Crippen LogP contribution < -0.4 is 9.47 Å². The van der Waals surface area contributed by atoms with Gasteiger partial charge in [0, 0.05) is 0 Å². The van der Waals surface area contributed by atoms with E-state index in [2.05, 4.69) is 15.9 Å². The molecule has 0 heterocycles. The molecule has 3 heteroatoms. The monoisotopic (exact) mass is 266 g/mol. The van der Waals surface area contributed by atoms with Crippen molar-refractivity contribution in [3.05, 3.63) is 34.8 Å². The molecule has 2 aromatic rings. The molecule has 0 atom stereocenters. The number of methoxy groups -OCH3 is 2. The number of fused-ring (bicyclic) bond motifs is 1. The summed E-state index contributed by atoms with van der Waals surface area (Å²) in [6.45, 7) is 0. The lowest BCUT2D eigenvalue weighted by Gasteiger charge is -2.07. The Balaban J connectivity index is 2.66. The van der Waals surface area contributed by atoms with Crippen LogP contribution in [0.1, 0.15) is 0 Å². The maximum atomic E-state index is 5.24. The van der Waals surface area contributed by atoms with E-state index in [1.165, 1.54) is 0 Å². The van der Waals surface area contributed by atoms with E-state index in [4.69, 9.17) is 9.47 Å². The molecule has 78 valence electrons. The van der Waals surface area contributed by atoms with E-state index in [1.807, 2.05) is 30.3 Å². The Hall–Kier alpha value is -1.22. The number of halogens is 1. The summed E-state index contributed by atoms with van der Waals surface area (Å²) in [6, 6.07) is 9.99. The third-order valence-electron chi connectivity index (χ3n) is 2.32. The lowest BCUT2D eigenvalue weighted by Crippen LogP contribution is -1.86. The minimum atomic E-state index is 0.829. The van der Waals surface area contributed by atoms with Crippen LogP contribution in [-0.2, 0) is 0 Å². The van der Waals surface area contributed by atoms with Crippen LogP contribution in [0.2, 0.25) is 0 Å². The van der Waals surface area contributed by atoms with E-state index >= 15 is 0 Å². The van der Waals surface area contributed by atoms with Gasteiger partial charge in [0.2, 0.25) is 0 Å². The van der Waals surface area contributed by atoms with Crippen LogP contribution in [0.5, 0.6) is 11.5 Å². The molecule has 0 spiro atoms. The first-order chi connectivity index (χ1) is 7.24. The van der Waals surface area contributed by atoms with Gasteiger partial charge in [-0.3, -0.25) is 0 Å². The van der Waals surface area contributed by atoms with Crippen molar-refractivity contribution in [3.63, 3.8) is 0 Å².